The van der Waals surface area contributed by atoms with Crippen molar-refractivity contribution in [1.82, 2.24) is 4.57 Å². The SMILES string of the molecule is Cc1ccc(C)c(NC(=O)Cn2cc(C(=O)C(F)(F)F)c3ccccc32)c1. The number of aromatic nitrogens is 1. The third kappa shape index (κ3) is 3.86. The summed E-state index contributed by atoms with van der Waals surface area (Å²) >= 11 is 0. The molecule has 4 nitrogen and oxygen atoms in total. The van der Waals surface area contributed by atoms with Gasteiger partial charge in [0.15, 0.2) is 0 Å². The normalized spacial score (nSPS) is 11.6. The lowest BCUT2D eigenvalue weighted by Gasteiger charge is -2.10. The van der Waals surface area contributed by atoms with Crippen LogP contribution in [0.5, 0.6) is 0 Å². The van der Waals surface area contributed by atoms with Crippen LogP contribution in [0.2, 0.25) is 0 Å². The van der Waals surface area contributed by atoms with Gasteiger partial charge >= 0.3 is 6.18 Å². The van der Waals surface area contributed by atoms with E-state index in [1.165, 1.54) is 10.6 Å². The van der Waals surface area contributed by atoms with Gasteiger partial charge in [0.2, 0.25) is 5.91 Å². The molecule has 0 aliphatic carbocycles. The van der Waals surface area contributed by atoms with Crippen molar-refractivity contribution in [3.05, 3.63) is 65.4 Å². The molecule has 1 N–H and O–H groups in total. The maximum Gasteiger partial charge on any atom is 0.454 e. The summed E-state index contributed by atoms with van der Waals surface area (Å²) in [5, 5.41) is 2.93. The van der Waals surface area contributed by atoms with Crippen molar-refractivity contribution in [2.45, 2.75) is 26.6 Å². The average molecular weight is 374 g/mol. The largest absolute Gasteiger partial charge is 0.454 e. The summed E-state index contributed by atoms with van der Waals surface area (Å²) in [4.78, 5) is 24.1. The maximum absolute atomic E-state index is 12.9. The van der Waals surface area contributed by atoms with Crippen LogP contribution >= 0.6 is 0 Å². The second-order valence-corrected chi connectivity index (χ2v) is 6.38. The highest BCUT2D eigenvalue weighted by Gasteiger charge is 2.40. The molecule has 1 amide bonds. The number of hydrogen-bond donors (Lipinski definition) is 1. The van der Waals surface area contributed by atoms with Crippen LogP contribution in [-0.2, 0) is 11.3 Å². The van der Waals surface area contributed by atoms with Crippen LogP contribution in [0.25, 0.3) is 10.9 Å². The lowest BCUT2D eigenvalue weighted by Crippen LogP contribution is -2.22. The third-order valence-electron chi connectivity index (χ3n) is 4.27. The molecule has 0 unspecified atom stereocenters. The number of rotatable bonds is 4. The number of amides is 1. The molecule has 0 spiro atoms. The summed E-state index contributed by atoms with van der Waals surface area (Å²) in [7, 11) is 0. The molecule has 140 valence electrons. The molecule has 1 aromatic heterocycles. The highest BCUT2D eigenvalue weighted by atomic mass is 19.4. The Morgan fingerprint density at radius 1 is 1.07 bits per heavy atom. The molecule has 3 aromatic rings. The average Bonchev–Trinajstić information content (AvgIpc) is 2.95. The Labute approximate surface area is 153 Å². The molecule has 0 aliphatic rings. The molecule has 0 radical (unpaired) electrons. The first-order valence-corrected chi connectivity index (χ1v) is 8.23. The van der Waals surface area contributed by atoms with Crippen molar-refractivity contribution in [1.29, 1.82) is 0 Å². The lowest BCUT2D eigenvalue weighted by molar-refractivity contribution is -0.116. The summed E-state index contributed by atoms with van der Waals surface area (Å²) < 4.78 is 40.0. The fourth-order valence-corrected chi connectivity index (χ4v) is 2.93. The smallest absolute Gasteiger partial charge is 0.337 e. The minimum Gasteiger partial charge on any atom is -0.337 e. The van der Waals surface area contributed by atoms with Gasteiger partial charge in [-0.2, -0.15) is 13.2 Å². The van der Waals surface area contributed by atoms with E-state index in [-0.39, 0.29) is 11.9 Å². The van der Waals surface area contributed by atoms with E-state index in [1.54, 1.807) is 18.2 Å². The molecule has 0 atom stereocenters. The molecule has 1 heterocycles. The second-order valence-electron chi connectivity index (χ2n) is 6.38. The number of anilines is 1. The second kappa shape index (κ2) is 6.90. The fraction of sp³-hybridized carbons (Fsp3) is 0.200. The van der Waals surface area contributed by atoms with Gasteiger partial charge in [-0.15, -0.1) is 0 Å². The van der Waals surface area contributed by atoms with Gasteiger partial charge < -0.3 is 9.88 Å². The van der Waals surface area contributed by atoms with Gasteiger partial charge in [-0.25, -0.2) is 0 Å². The highest BCUT2D eigenvalue weighted by Crippen LogP contribution is 2.28. The van der Waals surface area contributed by atoms with Crippen molar-refractivity contribution in [3.8, 4) is 0 Å². The number of carbonyl (C=O) groups excluding carboxylic acids is 2. The van der Waals surface area contributed by atoms with Crippen LogP contribution < -0.4 is 5.32 Å². The van der Waals surface area contributed by atoms with Gasteiger partial charge in [-0.1, -0.05) is 30.3 Å². The number of nitrogens with one attached hydrogen (secondary N) is 1. The number of aryl methyl sites for hydroxylation is 2. The molecule has 0 fully saturated rings. The molecule has 7 heteroatoms. The number of para-hydroxylation sites is 1. The van der Waals surface area contributed by atoms with E-state index in [9.17, 15) is 22.8 Å². The quantitative estimate of drug-likeness (QED) is 0.677. The van der Waals surface area contributed by atoms with E-state index < -0.39 is 23.4 Å². The Morgan fingerprint density at radius 2 is 1.78 bits per heavy atom. The van der Waals surface area contributed by atoms with Gasteiger partial charge in [0.1, 0.15) is 6.54 Å². The van der Waals surface area contributed by atoms with Gasteiger partial charge in [-0.05, 0) is 37.1 Å². The first-order valence-electron chi connectivity index (χ1n) is 8.23. The summed E-state index contributed by atoms with van der Waals surface area (Å²) in [6.45, 7) is 3.53. The van der Waals surface area contributed by atoms with Crippen molar-refractivity contribution in [2.24, 2.45) is 0 Å². The standard InChI is InChI=1S/C20H17F3N2O2/c1-12-7-8-13(2)16(9-12)24-18(26)11-25-10-15(19(27)20(21,22)23)14-5-3-4-6-17(14)25/h3-10H,11H2,1-2H3,(H,24,26). The van der Waals surface area contributed by atoms with Gasteiger partial charge in [0.25, 0.3) is 5.78 Å². The fourth-order valence-electron chi connectivity index (χ4n) is 2.93. The molecular formula is C20H17F3N2O2. The van der Waals surface area contributed by atoms with Gasteiger partial charge in [0, 0.05) is 22.8 Å². The number of fused-ring (bicyclic) bond motifs is 1. The molecule has 0 saturated carbocycles. The van der Waals surface area contributed by atoms with Crippen LogP contribution in [0.3, 0.4) is 0 Å². The van der Waals surface area contributed by atoms with Crippen LogP contribution in [-0.4, -0.2) is 22.4 Å². The lowest BCUT2D eigenvalue weighted by atomic mass is 10.1. The van der Waals surface area contributed by atoms with Gasteiger partial charge in [0.05, 0.1) is 5.56 Å². The number of hydrogen-bond acceptors (Lipinski definition) is 2. The van der Waals surface area contributed by atoms with Crippen LogP contribution in [0.15, 0.2) is 48.7 Å². The number of nitrogens with zero attached hydrogens (tertiary/aromatic N) is 1. The zero-order valence-corrected chi connectivity index (χ0v) is 14.7. The number of halogens is 3. The number of Topliss-reactive ketones (excluding diaryl/α,β-unsaturated/α-hetero) is 1. The minimum absolute atomic E-state index is 0.166. The molecule has 27 heavy (non-hydrogen) atoms. The van der Waals surface area contributed by atoms with Crippen molar-refractivity contribution >= 4 is 28.3 Å². The molecule has 0 aliphatic heterocycles. The third-order valence-corrected chi connectivity index (χ3v) is 4.27. The summed E-state index contributed by atoms with van der Waals surface area (Å²) in [5.41, 5.74) is 2.42. The predicted molar refractivity (Wildman–Crippen MR) is 96.9 cm³/mol. The predicted octanol–water partition coefficient (Wildman–Crippen LogP) is 4.64. The molecule has 0 bridgehead atoms. The summed E-state index contributed by atoms with van der Waals surface area (Å²) in [6.07, 6.45) is -3.89. The number of alkyl halides is 3. The first kappa shape index (κ1) is 18.7. The van der Waals surface area contributed by atoms with E-state index >= 15 is 0 Å². The first-order chi connectivity index (χ1) is 12.7. The number of ketones is 1. The number of carbonyl (C=O) groups is 2. The summed E-state index contributed by atoms with van der Waals surface area (Å²) in [5.74, 6) is -2.32. The Bertz CT molecular complexity index is 1040. The molecular weight excluding hydrogens is 357 g/mol. The summed E-state index contributed by atoms with van der Waals surface area (Å²) in [6, 6.07) is 11.8. The Hall–Kier alpha value is -3.09. The Balaban J connectivity index is 1.92. The topological polar surface area (TPSA) is 51.1 Å². The Morgan fingerprint density at radius 3 is 2.48 bits per heavy atom. The number of benzene rings is 2. The van der Waals surface area contributed by atoms with E-state index in [0.717, 1.165) is 17.3 Å². The minimum atomic E-state index is -4.98. The molecule has 2 aromatic carbocycles. The van der Waals surface area contributed by atoms with E-state index in [4.69, 9.17) is 0 Å². The van der Waals surface area contributed by atoms with E-state index in [2.05, 4.69) is 5.32 Å². The molecule has 3 rings (SSSR count). The van der Waals surface area contributed by atoms with Crippen molar-refractivity contribution in [3.63, 3.8) is 0 Å². The Kier molecular flexibility index (Phi) is 4.78. The van der Waals surface area contributed by atoms with E-state index in [0.29, 0.717) is 11.2 Å². The zero-order valence-electron chi connectivity index (χ0n) is 14.7. The van der Waals surface area contributed by atoms with E-state index in [1.807, 2.05) is 32.0 Å². The van der Waals surface area contributed by atoms with Crippen LogP contribution in [0, 0.1) is 13.8 Å². The van der Waals surface area contributed by atoms with Crippen molar-refractivity contribution < 1.29 is 22.8 Å². The van der Waals surface area contributed by atoms with Crippen LogP contribution in [0.1, 0.15) is 21.5 Å². The molecule has 0 saturated heterocycles. The van der Waals surface area contributed by atoms with Crippen LogP contribution in [0.4, 0.5) is 18.9 Å². The van der Waals surface area contributed by atoms with Gasteiger partial charge in [-0.3, -0.25) is 9.59 Å². The van der Waals surface area contributed by atoms with Crippen molar-refractivity contribution in [2.75, 3.05) is 5.32 Å². The zero-order chi connectivity index (χ0) is 19.8. The maximum atomic E-state index is 12.9. The monoisotopic (exact) mass is 374 g/mol. The highest BCUT2D eigenvalue weighted by molar-refractivity contribution is 6.11.